The molecule has 0 atom stereocenters. The first kappa shape index (κ1) is 14.7. The number of hydrogen-bond acceptors (Lipinski definition) is 3. The minimum absolute atomic E-state index is 0.000654. The van der Waals surface area contributed by atoms with Crippen molar-refractivity contribution >= 4 is 23.5 Å². The molecule has 1 fully saturated rings. The van der Waals surface area contributed by atoms with Crippen LogP contribution in [0.5, 0.6) is 0 Å². The SMILES string of the molecule is O=C(O)c1ccc(C(=O)NCC2(c3cccc(Cl)c3)CC2)o1. The Labute approximate surface area is 131 Å². The Balaban J connectivity index is 1.67. The zero-order valence-electron chi connectivity index (χ0n) is 11.6. The van der Waals surface area contributed by atoms with Crippen LogP contribution in [0.3, 0.4) is 0 Å². The van der Waals surface area contributed by atoms with E-state index in [0.717, 1.165) is 18.4 Å². The van der Waals surface area contributed by atoms with Gasteiger partial charge in [-0.15, -0.1) is 0 Å². The van der Waals surface area contributed by atoms with E-state index >= 15 is 0 Å². The molecule has 22 heavy (non-hydrogen) atoms. The first-order valence-corrected chi connectivity index (χ1v) is 7.25. The Morgan fingerprint density at radius 1 is 1.23 bits per heavy atom. The minimum Gasteiger partial charge on any atom is -0.475 e. The molecule has 114 valence electrons. The Hall–Kier alpha value is -2.27. The molecule has 1 aromatic carbocycles. The Bertz CT molecular complexity index is 733. The molecule has 1 amide bonds. The van der Waals surface area contributed by atoms with E-state index in [0.29, 0.717) is 11.6 Å². The quantitative estimate of drug-likeness (QED) is 0.887. The van der Waals surface area contributed by atoms with E-state index in [4.69, 9.17) is 21.1 Å². The van der Waals surface area contributed by atoms with Crippen LogP contribution in [0.4, 0.5) is 0 Å². The molecule has 1 saturated carbocycles. The predicted octanol–water partition coefficient (Wildman–Crippen LogP) is 3.09. The topological polar surface area (TPSA) is 79.5 Å². The number of hydrogen-bond donors (Lipinski definition) is 2. The molecule has 0 unspecified atom stereocenters. The van der Waals surface area contributed by atoms with Crippen molar-refractivity contribution < 1.29 is 19.1 Å². The third-order valence-corrected chi connectivity index (χ3v) is 4.15. The van der Waals surface area contributed by atoms with Crippen molar-refractivity contribution in [3.05, 3.63) is 58.5 Å². The Morgan fingerprint density at radius 3 is 2.55 bits per heavy atom. The van der Waals surface area contributed by atoms with Crippen LogP contribution in [0.25, 0.3) is 0 Å². The normalized spacial score (nSPS) is 15.3. The summed E-state index contributed by atoms with van der Waals surface area (Å²) in [6, 6.07) is 10.2. The summed E-state index contributed by atoms with van der Waals surface area (Å²) >= 11 is 6.01. The molecule has 1 aliphatic rings. The number of furan rings is 1. The molecule has 1 aliphatic carbocycles. The molecule has 2 aromatic rings. The van der Waals surface area contributed by atoms with E-state index in [1.165, 1.54) is 12.1 Å². The van der Waals surface area contributed by atoms with E-state index in [1.54, 1.807) is 0 Å². The van der Waals surface area contributed by atoms with Gasteiger partial charge >= 0.3 is 5.97 Å². The van der Waals surface area contributed by atoms with Crippen LogP contribution in [0.15, 0.2) is 40.8 Å². The average molecular weight is 320 g/mol. The van der Waals surface area contributed by atoms with E-state index in [9.17, 15) is 9.59 Å². The van der Waals surface area contributed by atoms with Gasteiger partial charge < -0.3 is 14.8 Å². The van der Waals surface area contributed by atoms with Crippen molar-refractivity contribution in [2.24, 2.45) is 0 Å². The van der Waals surface area contributed by atoms with Crippen LogP contribution in [-0.4, -0.2) is 23.5 Å². The lowest BCUT2D eigenvalue weighted by molar-refractivity contribution is 0.0659. The zero-order chi connectivity index (χ0) is 15.7. The number of carbonyl (C=O) groups excluding carboxylic acids is 1. The van der Waals surface area contributed by atoms with Gasteiger partial charge in [-0.25, -0.2) is 4.79 Å². The van der Waals surface area contributed by atoms with Crippen LogP contribution < -0.4 is 5.32 Å². The Morgan fingerprint density at radius 2 is 1.95 bits per heavy atom. The lowest BCUT2D eigenvalue weighted by Gasteiger charge is -2.16. The molecule has 6 heteroatoms. The molecule has 0 saturated heterocycles. The van der Waals surface area contributed by atoms with Gasteiger partial charge in [-0.05, 0) is 42.7 Å². The van der Waals surface area contributed by atoms with Crippen LogP contribution >= 0.6 is 11.6 Å². The number of amides is 1. The Kier molecular flexibility index (Phi) is 3.66. The number of benzene rings is 1. The number of carboxylic acid groups (broad SMARTS) is 1. The van der Waals surface area contributed by atoms with E-state index < -0.39 is 11.9 Å². The molecular formula is C16H14ClNO4. The highest BCUT2D eigenvalue weighted by Gasteiger charge is 2.44. The van der Waals surface area contributed by atoms with Gasteiger partial charge in [0.15, 0.2) is 5.76 Å². The van der Waals surface area contributed by atoms with Crippen molar-refractivity contribution in [3.63, 3.8) is 0 Å². The molecule has 0 bridgehead atoms. The fourth-order valence-electron chi connectivity index (χ4n) is 2.45. The van der Waals surface area contributed by atoms with Crippen molar-refractivity contribution in [1.29, 1.82) is 0 Å². The second kappa shape index (κ2) is 5.50. The fourth-order valence-corrected chi connectivity index (χ4v) is 2.64. The van der Waals surface area contributed by atoms with E-state index in [2.05, 4.69) is 5.32 Å². The average Bonchev–Trinajstić information content (AvgIpc) is 3.11. The molecule has 5 nitrogen and oxygen atoms in total. The summed E-state index contributed by atoms with van der Waals surface area (Å²) in [7, 11) is 0. The van der Waals surface area contributed by atoms with Gasteiger partial charge in [0.05, 0.1) is 0 Å². The summed E-state index contributed by atoms with van der Waals surface area (Å²) in [6.07, 6.45) is 1.96. The maximum absolute atomic E-state index is 12.0. The number of halogens is 1. The summed E-state index contributed by atoms with van der Waals surface area (Å²) in [5, 5.41) is 12.3. The number of carbonyl (C=O) groups is 2. The maximum Gasteiger partial charge on any atom is 0.371 e. The summed E-state index contributed by atoms with van der Waals surface area (Å²) in [4.78, 5) is 22.8. The fraction of sp³-hybridized carbons (Fsp3) is 0.250. The molecular weight excluding hydrogens is 306 g/mol. The summed E-state index contributed by atoms with van der Waals surface area (Å²) in [5.41, 5.74) is 1.02. The van der Waals surface area contributed by atoms with Crippen molar-refractivity contribution in [3.8, 4) is 0 Å². The monoisotopic (exact) mass is 319 g/mol. The highest BCUT2D eigenvalue weighted by Crippen LogP contribution is 2.48. The van der Waals surface area contributed by atoms with Gasteiger partial charge in [-0.2, -0.15) is 0 Å². The molecule has 1 aromatic heterocycles. The lowest BCUT2D eigenvalue weighted by atomic mass is 9.96. The first-order valence-electron chi connectivity index (χ1n) is 6.88. The molecule has 0 aliphatic heterocycles. The third-order valence-electron chi connectivity index (χ3n) is 3.92. The minimum atomic E-state index is -1.20. The second-order valence-electron chi connectivity index (χ2n) is 5.44. The van der Waals surface area contributed by atoms with Gasteiger partial charge in [-0.3, -0.25) is 4.79 Å². The summed E-state index contributed by atoms with van der Waals surface area (Å²) in [6.45, 7) is 0.468. The van der Waals surface area contributed by atoms with E-state index in [1.807, 2.05) is 24.3 Å². The third kappa shape index (κ3) is 2.85. The van der Waals surface area contributed by atoms with Gasteiger partial charge in [0.1, 0.15) is 0 Å². The number of nitrogens with one attached hydrogen (secondary N) is 1. The highest BCUT2D eigenvalue weighted by molar-refractivity contribution is 6.30. The van der Waals surface area contributed by atoms with E-state index in [-0.39, 0.29) is 16.9 Å². The highest BCUT2D eigenvalue weighted by atomic mass is 35.5. The molecule has 2 N–H and O–H groups in total. The van der Waals surface area contributed by atoms with Gasteiger partial charge in [0, 0.05) is 17.0 Å². The summed E-state index contributed by atoms with van der Waals surface area (Å²) < 4.78 is 4.98. The molecule has 1 heterocycles. The largest absolute Gasteiger partial charge is 0.475 e. The van der Waals surface area contributed by atoms with Crippen LogP contribution in [0.2, 0.25) is 5.02 Å². The summed E-state index contributed by atoms with van der Waals surface area (Å²) in [5.74, 6) is -1.86. The van der Waals surface area contributed by atoms with Crippen LogP contribution in [-0.2, 0) is 5.41 Å². The number of carboxylic acids is 1. The predicted molar refractivity (Wildman–Crippen MR) is 80.4 cm³/mol. The van der Waals surface area contributed by atoms with Crippen molar-refractivity contribution in [2.75, 3.05) is 6.54 Å². The molecule has 0 spiro atoms. The van der Waals surface area contributed by atoms with Crippen molar-refractivity contribution in [2.45, 2.75) is 18.3 Å². The van der Waals surface area contributed by atoms with Crippen LogP contribution in [0, 0.1) is 0 Å². The van der Waals surface area contributed by atoms with Gasteiger partial charge in [0.2, 0.25) is 5.76 Å². The zero-order valence-corrected chi connectivity index (χ0v) is 12.4. The number of aromatic carboxylic acids is 1. The first-order chi connectivity index (χ1) is 10.5. The van der Waals surface area contributed by atoms with Gasteiger partial charge in [-0.1, -0.05) is 23.7 Å². The maximum atomic E-state index is 12.0. The lowest BCUT2D eigenvalue weighted by Crippen LogP contribution is -2.32. The van der Waals surface area contributed by atoms with Crippen molar-refractivity contribution in [1.82, 2.24) is 5.32 Å². The standard InChI is InChI=1S/C16H14ClNO4/c17-11-3-1-2-10(8-11)16(6-7-16)9-18-14(19)12-4-5-13(22-12)15(20)21/h1-5,8H,6-7,9H2,(H,18,19)(H,20,21). The van der Waals surface area contributed by atoms with Crippen LogP contribution in [0.1, 0.15) is 39.5 Å². The second-order valence-corrected chi connectivity index (χ2v) is 5.88. The van der Waals surface area contributed by atoms with Gasteiger partial charge in [0.25, 0.3) is 5.91 Å². The molecule has 3 rings (SSSR count). The number of rotatable bonds is 5. The molecule has 0 radical (unpaired) electrons. The smallest absolute Gasteiger partial charge is 0.371 e.